The van der Waals surface area contributed by atoms with E-state index in [-0.39, 0.29) is 22.6 Å². The number of hydrogen-bond acceptors (Lipinski definition) is 3. The quantitative estimate of drug-likeness (QED) is 0.871. The second-order valence-electron chi connectivity index (χ2n) is 3.06. The lowest BCUT2D eigenvalue weighted by Gasteiger charge is -2.11. The molecule has 0 heterocycles. The first kappa shape index (κ1) is 13.8. The summed E-state index contributed by atoms with van der Waals surface area (Å²) < 4.78 is 41.5. The Kier molecular flexibility index (Phi) is 4.03. The first-order valence-electron chi connectivity index (χ1n) is 4.54. The molecule has 0 bridgehead atoms. The zero-order valence-corrected chi connectivity index (χ0v) is 10.2. The summed E-state index contributed by atoms with van der Waals surface area (Å²) in [7, 11) is 0. The molecule has 0 saturated heterocycles. The van der Waals surface area contributed by atoms with E-state index in [0.717, 1.165) is 12.1 Å². The highest BCUT2D eigenvalue weighted by atomic mass is 79.9. The molecule has 0 aromatic heterocycles. The van der Waals surface area contributed by atoms with E-state index in [1.54, 1.807) is 6.92 Å². The number of aromatic hydroxyl groups is 1. The van der Waals surface area contributed by atoms with Crippen molar-refractivity contribution < 1.29 is 27.8 Å². The van der Waals surface area contributed by atoms with Crippen molar-refractivity contribution in [1.29, 1.82) is 0 Å². The number of phenolic OH excluding ortho intramolecular Hbond substituents is 1. The Morgan fingerprint density at radius 2 is 2.06 bits per heavy atom. The lowest BCUT2D eigenvalue weighted by atomic mass is 10.1. The molecule has 7 heteroatoms. The second kappa shape index (κ2) is 4.95. The Balaban J connectivity index is 3.23. The number of rotatable bonds is 3. The highest BCUT2D eigenvalue weighted by Gasteiger charge is 2.39. The van der Waals surface area contributed by atoms with Gasteiger partial charge in [-0.1, -0.05) is 0 Å². The molecule has 0 fully saturated rings. The summed E-state index contributed by atoms with van der Waals surface area (Å²) in [5, 5.41) is 9.47. The van der Waals surface area contributed by atoms with Crippen LogP contribution < -0.4 is 4.74 Å². The van der Waals surface area contributed by atoms with E-state index in [2.05, 4.69) is 15.9 Å². The van der Waals surface area contributed by atoms with Crippen LogP contribution in [0.4, 0.5) is 13.2 Å². The van der Waals surface area contributed by atoms with Crippen molar-refractivity contribution in [3.63, 3.8) is 0 Å². The maximum Gasteiger partial charge on any atom is 0.454 e. The molecule has 1 aromatic rings. The predicted molar refractivity (Wildman–Crippen MR) is 57.4 cm³/mol. The molecule has 3 nitrogen and oxygen atoms in total. The van der Waals surface area contributed by atoms with Crippen LogP contribution in [-0.4, -0.2) is 23.7 Å². The molecule has 0 unspecified atom stereocenters. The topological polar surface area (TPSA) is 46.5 Å². The van der Waals surface area contributed by atoms with E-state index in [9.17, 15) is 23.1 Å². The molecular formula is C10H8BrF3O3. The van der Waals surface area contributed by atoms with Gasteiger partial charge in [-0.2, -0.15) is 13.2 Å². The molecule has 1 N–H and O–H groups in total. The van der Waals surface area contributed by atoms with Crippen LogP contribution in [0.1, 0.15) is 17.3 Å². The third-order valence-corrected chi connectivity index (χ3v) is 2.45. The summed E-state index contributed by atoms with van der Waals surface area (Å²) in [6, 6.07) is 1.76. The summed E-state index contributed by atoms with van der Waals surface area (Å²) in [6.07, 6.45) is -4.96. The molecule has 0 saturated carbocycles. The smallest absolute Gasteiger partial charge is 0.454 e. The number of carbonyl (C=O) groups excluding carboxylic acids is 1. The monoisotopic (exact) mass is 312 g/mol. The molecule has 0 aliphatic carbocycles. The predicted octanol–water partition coefficient (Wildman–Crippen LogP) is 3.30. The average molecular weight is 313 g/mol. The van der Waals surface area contributed by atoms with Crippen LogP contribution in [-0.2, 0) is 0 Å². The number of benzene rings is 1. The normalized spacial score (nSPS) is 11.4. The van der Waals surface area contributed by atoms with E-state index >= 15 is 0 Å². The maximum absolute atomic E-state index is 12.2. The lowest BCUT2D eigenvalue weighted by Crippen LogP contribution is -2.22. The Morgan fingerprint density at radius 1 is 1.47 bits per heavy atom. The van der Waals surface area contributed by atoms with Gasteiger partial charge in [0.05, 0.1) is 11.1 Å². The van der Waals surface area contributed by atoms with Crippen LogP contribution in [0.2, 0.25) is 0 Å². The minimum Gasteiger partial charge on any atom is -0.503 e. The molecule has 94 valence electrons. The molecule has 0 aliphatic rings. The molecule has 0 atom stereocenters. The summed E-state index contributed by atoms with van der Waals surface area (Å²) in [4.78, 5) is 11.0. The van der Waals surface area contributed by atoms with Crippen molar-refractivity contribution in [2.75, 3.05) is 6.61 Å². The first-order valence-corrected chi connectivity index (χ1v) is 5.33. The summed E-state index contributed by atoms with van der Waals surface area (Å²) >= 11 is 2.85. The Labute approximate surface area is 103 Å². The van der Waals surface area contributed by atoms with E-state index < -0.39 is 17.5 Å². The molecule has 0 spiro atoms. The van der Waals surface area contributed by atoms with Gasteiger partial charge in [0.25, 0.3) is 5.78 Å². The molecule has 1 rings (SSSR count). The van der Waals surface area contributed by atoms with Gasteiger partial charge in [0, 0.05) is 5.56 Å². The van der Waals surface area contributed by atoms with Gasteiger partial charge in [-0.25, -0.2) is 0 Å². The number of Topliss-reactive ketones (excluding diaryl/α,β-unsaturated/α-hetero) is 1. The second-order valence-corrected chi connectivity index (χ2v) is 3.92. The fraction of sp³-hybridized carbons (Fsp3) is 0.300. The van der Waals surface area contributed by atoms with Gasteiger partial charge in [-0.05, 0) is 35.0 Å². The summed E-state index contributed by atoms with van der Waals surface area (Å²) in [5.74, 6) is -2.50. The lowest BCUT2D eigenvalue weighted by molar-refractivity contribution is -0.0885. The third-order valence-electron chi connectivity index (χ3n) is 1.85. The molecule has 0 aliphatic heterocycles. The van der Waals surface area contributed by atoms with Gasteiger partial charge in [0.2, 0.25) is 0 Å². The Morgan fingerprint density at radius 3 is 2.53 bits per heavy atom. The summed E-state index contributed by atoms with van der Waals surface area (Å²) in [5.41, 5.74) is -0.592. The maximum atomic E-state index is 12.2. The van der Waals surface area contributed by atoms with E-state index in [4.69, 9.17) is 4.74 Å². The third kappa shape index (κ3) is 3.12. The molecule has 17 heavy (non-hydrogen) atoms. The van der Waals surface area contributed by atoms with Crippen LogP contribution >= 0.6 is 15.9 Å². The van der Waals surface area contributed by atoms with Crippen LogP contribution in [0, 0.1) is 0 Å². The fourth-order valence-corrected chi connectivity index (χ4v) is 1.58. The number of halogens is 4. The van der Waals surface area contributed by atoms with Crippen molar-refractivity contribution >= 4 is 21.7 Å². The van der Waals surface area contributed by atoms with Crippen LogP contribution in [0.25, 0.3) is 0 Å². The molecular weight excluding hydrogens is 305 g/mol. The van der Waals surface area contributed by atoms with Crippen LogP contribution in [0.3, 0.4) is 0 Å². The SMILES string of the molecule is CCOc1cc(C(=O)C(F)(F)F)cc(Br)c1O. The molecule has 0 radical (unpaired) electrons. The largest absolute Gasteiger partial charge is 0.503 e. The Hall–Kier alpha value is -1.24. The van der Waals surface area contributed by atoms with Gasteiger partial charge < -0.3 is 9.84 Å². The zero-order chi connectivity index (χ0) is 13.2. The van der Waals surface area contributed by atoms with E-state index in [1.165, 1.54) is 0 Å². The van der Waals surface area contributed by atoms with E-state index in [1.807, 2.05) is 0 Å². The number of phenols is 1. The molecule has 1 aromatic carbocycles. The van der Waals surface area contributed by atoms with Crippen molar-refractivity contribution in [2.45, 2.75) is 13.1 Å². The number of hydrogen-bond donors (Lipinski definition) is 1. The number of ketones is 1. The Bertz CT molecular complexity index is 443. The number of ether oxygens (including phenoxy) is 1. The van der Waals surface area contributed by atoms with E-state index in [0.29, 0.717) is 0 Å². The summed E-state index contributed by atoms with van der Waals surface area (Å²) in [6.45, 7) is 1.76. The highest BCUT2D eigenvalue weighted by Crippen LogP contribution is 2.37. The van der Waals surface area contributed by atoms with Gasteiger partial charge in [-0.3, -0.25) is 4.79 Å². The van der Waals surface area contributed by atoms with Gasteiger partial charge >= 0.3 is 6.18 Å². The zero-order valence-electron chi connectivity index (χ0n) is 8.64. The van der Waals surface area contributed by atoms with Gasteiger partial charge in [0.15, 0.2) is 11.5 Å². The average Bonchev–Trinajstić information content (AvgIpc) is 2.22. The van der Waals surface area contributed by atoms with Crippen molar-refractivity contribution in [1.82, 2.24) is 0 Å². The number of carbonyl (C=O) groups is 1. The minimum atomic E-state index is -4.96. The van der Waals surface area contributed by atoms with Gasteiger partial charge in [0.1, 0.15) is 0 Å². The van der Waals surface area contributed by atoms with Crippen molar-refractivity contribution in [2.24, 2.45) is 0 Å². The fourth-order valence-electron chi connectivity index (χ4n) is 1.13. The first-order chi connectivity index (χ1) is 7.77. The van der Waals surface area contributed by atoms with Crippen molar-refractivity contribution in [3.05, 3.63) is 22.2 Å². The minimum absolute atomic E-state index is 0.0314. The van der Waals surface area contributed by atoms with Crippen molar-refractivity contribution in [3.8, 4) is 11.5 Å². The highest BCUT2D eigenvalue weighted by molar-refractivity contribution is 9.10. The number of alkyl halides is 3. The van der Waals surface area contributed by atoms with Crippen LogP contribution in [0.15, 0.2) is 16.6 Å². The standard InChI is InChI=1S/C10H8BrF3O3/c1-2-17-7-4-5(3-6(11)8(7)15)9(16)10(12,13)14/h3-4,15H,2H2,1H3. The van der Waals surface area contributed by atoms with Gasteiger partial charge in [-0.15, -0.1) is 0 Å². The van der Waals surface area contributed by atoms with Crippen LogP contribution in [0.5, 0.6) is 11.5 Å². The molecule has 0 amide bonds.